The van der Waals surface area contributed by atoms with Crippen LogP contribution in [0.25, 0.3) is 11.2 Å². The van der Waals surface area contributed by atoms with Gasteiger partial charge >= 0.3 is 0 Å². The number of aryl methyl sites for hydroxylation is 1. The molecule has 3 rings (SSSR count). The molecule has 0 saturated heterocycles. The molecular formula is C19H24IN5OS. The minimum absolute atomic E-state index is 0.660. The van der Waals surface area contributed by atoms with E-state index in [1.54, 1.807) is 31.4 Å². The second-order valence-electron chi connectivity index (χ2n) is 6.63. The quantitative estimate of drug-likeness (QED) is 0.353. The molecule has 8 heteroatoms. The minimum atomic E-state index is 0.660. The summed E-state index contributed by atoms with van der Waals surface area (Å²) in [4.78, 5) is 14.5. The SMILES string of the molecule is COc1ccc(I)c(Sc2nc3cncnc3n2CCCNCC(C)C)c1. The van der Waals surface area contributed by atoms with Crippen LogP contribution < -0.4 is 10.1 Å². The number of imidazole rings is 1. The van der Waals surface area contributed by atoms with Gasteiger partial charge in [0.1, 0.15) is 17.6 Å². The molecule has 1 aromatic carbocycles. The van der Waals surface area contributed by atoms with Crippen molar-refractivity contribution in [3.63, 3.8) is 0 Å². The summed E-state index contributed by atoms with van der Waals surface area (Å²) in [7, 11) is 1.69. The first-order valence-electron chi connectivity index (χ1n) is 8.97. The van der Waals surface area contributed by atoms with E-state index in [4.69, 9.17) is 9.72 Å². The predicted molar refractivity (Wildman–Crippen MR) is 117 cm³/mol. The Morgan fingerprint density at radius 2 is 2.19 bits per heavy atom. The third-order valence-electron chi connectivity index (χ3n) is 4.00. The number of halogens is 1. The van der Waals surface area contributed by atoms with Gasteiger partial charge in [-0.2, -0.15) is 0 Å². The number of nitrogens with zero attached hydrogens (tertiary/aromatic N) is 4. The van der Waals surface area contributed by atoms with Crippen LogP contribution in [0.4, 0.5) is 0 Å². The van der Waals surface area contributed by atoms with Crippen molar-refractivity contribution in [2.75, 3.05) is 20.2 Å². The Morgan fingerprint density at radius 1 is 1.33 bits per heavy atom. The van der Waals surface area contributed by atoms with Gasteiger partial charge in [-0.25, -0.2) is 15.0 Å². The molecule has 0 aliphatic carbocycles. The average molecular weight is 497 g/mol. The Bertz CT molecular complexity index is 899. The lowest BCUT2D eigenvalue weighted by Crippen LogP contribution is -2.21. The summed E-state index contributed by atoms with van der Waals surface area (Å²) < 4.78 is 8.73. The van der Waals surface area contributed by atoms with E-state index >= 15 is 0 Å². The van der Waals surface area contributed by atoms with Crippen molar-refractivity contribution in [1.82, 2.24) is 24.8 Å². The van der Waals surface area contributed by atoms with E-state index in [0.29, 0.717) is 5.92 Å². The van der Waals surface area contributed by atoms with Gasteiger partial charge in [-0.15, -0.1) is 0 Å². The third-order valence-corrected chi connectivity index (χ3v) is 6.36. The van der Waals surface area contributed by atoms with Gasteiger partial charge in [0.2, 0.25) is 0 Å². The number of rotatable bonds is 9. The highest BCUT2D eigenvalue weighted by Crippen LogP contribution is 2.34. The van der Waals surface area contributed by atoms with Crippen LogP contribution >= 0.6 is 34.4 Å². The molecule has 2 aromatic heterocycles. The fraction of sp³-hybridized carbons (Fsp3) is 0.421. The molecule has 1 N–H and O–H groups in total. The van der Waals surface area contributed by atoms with Crippen molar-refractivity contribution in [1.29, 1.82) is 0 Å². The van der Waals surface area contributed by atoms with Crippen LogP contribution in [0.5, 0.6) is 5.75 Å². The maximum Gasteiger partial charge on any atom is 0.175 e. The highest BCUT2D eigenvalue weighted by Gasteiger charge is 2.15. The maximum atomic E-state index is 5.37. The molecular weight excluding hydrogens is 473 g/mol. The van der Waals surface area contributed by atoms with Crippen LogP contribution in [-0.4, -0.2) is 39.7 Å². The summed E-state index contributed by atoms with van der Waals surface area (Å²) in [6.07, 6.45) is 4.38. The first-order chi connectivity index (χ1) is 13.1. The van der Waals surface area contributed by atoms with Gasteiger partial charge < -0.3 is 14.6 Å². The smallest absolute Gasteiger partial charge is 0.175 e. The molecule has 0 atom stereocenters. The summed E-state index contributed by atoms with van der Waals surface area (Å²) in [5, 5.41) is 4.43. The van der Waals surface area contributed by atoms with Crippen LogP contribution in [0.2, 0.25) is 0 Å². The Balaban J connectivity index is 1.82. The second-order valence-corrected chi connectivity index (χ2v) is 8.80. The lowest BCUT2D eigenvalue weighted by molar-refractivity contribution is 0.413. The molecule has 0 aliphatic heterocycles. The Morgan fingerprint density at radius 3 is 2.96 bits per heavy atom. The van der Waals surface area contributed by atoms with E-state index < -0.39 is 0 Å². The molecule has 27 heavy (non-hydrogen) atoms. The minimum Gasteiger partial charge on any atom is -0.497 e. The number of nitrogens with one attached hydrogen (secondary N) is 1. The largest absolute Gasteiger partial charge is 0.497 e. The number of aromatic nitrogens is 4. The maximum absolute atomic E-state index is 5.37. The monoisotopic (exact) mass is 497 g/mol. The number of hydrogen-bond acceptors (Lipinski definition) is 6. The number of ether oxygens (including phenoxy) is 1. The van der Waals surface area contributed by atoms with E-state index in [0.717, 1.165) is 53.0 Å². The fourth-order valence-electron chi connectivity index (χ4n) is 2.68. The van der Waals surface area contributed by atoms with E-state index in [9.17, 15) is 0 Å². The lowest BCUT2D eigenvalue weighted by atomic mass is 10.2. The first kappa shape index (κ1) is 20.3. The van der Waals surface area contributed by atoms with E-state index in [2.05, 4.69) is 62.4 Å². The van der Waals surface area contributed by atoms with Crippen LogP contribution in [-0.2, 0) is 6.54 Å². The fourth-order valence-corrected chi connectivity index (χ4v) is 4.31. The highest BCUT2D eigenvalue weighted by molar-refractivity contribution is 14.1. The zero-order chi connectivity index (χ0) is 19.2. The molecule has 0 aliphatic rings. The van der Waals surface area contributed by atoms with Crippen molar-refractivity contribution in [3.8, 4) is 5.75 Å². The van der Waals surface area contributed by atoms with Crippen molar-refractivity contribution in [3.05, 3.63) is 34.3 Å². The molecule has 0 saturated carbocycles. The summed E-state index contributed by atoms with van der Waals surface area (Å²) in [6, 6.07) is 6.08. The van der Waals surface area contributed by atoms with Gasteiger partial charge in [0, 0.05) is 15.0 Å². The normalized spacial score (nSPS) is 11.4. The molecule has 0 radical (unpaired) electrons. The van der Waals surface area contributed by atoms with Crippen LogP contribution in [0.3, 0.4) is 0 Å². The molecule has 2 heterocycles. The van der Waals surface area contributed by atoms with E-state index in [1.165, 1.54) is 3.57 Å². The number of hydrogen-bond donors (Lipinski definition) is 1. The zero-order valence-corrected chi connectivity index (χ0v) is 18.7. The Kier molecular flexibility index (Phi) is 7.31. The van der Waals surface area contributed by atoms with Crippen LogP contribution in [0.1, 0.15) is 20.3 Å². The van der Waals surface area contributed by atoms with E-state index in [1.807, 2.05) is 12.1 Å². The second kappa shape index (κ2) is 9.70. The van der Waals surface area contributed by atoms with Gasteiger partial charge in [-0.1, -0.05) is 25.6 Å². The van der Waals surface area contributed by atoms with Crippen molar-refractivity contribution >= 4 is 45.5 Å². The molecule has 0 bridgehead atoms. The standard InChI is InChI=1S/C19H24IN5OS/c1-13(2)10-21-7-4-8-25-18-16(11-22-12-23-18)24-19(25)27-17-9-14(26-3)5-6-15(17)20/h5-6,9,11-13,21H,4,7-8,10H2,1-3H3. The van der Waals surface area contributed by atoms with Crippen LogP contribution in [0, 0.1) is 9.49 Å². The molecule has 0 unspecified atom stereocenters. The first-order valence-corrected chi connectivity index (χ1v) is 10.9. The Hall–Kier alpha value is -1.39. The summed E-state index contributed by atoms with van der Waals surface area (Å²) in [6.45, 7) is 7.32. The highest BCUT2D eigenvalue weighted by atomic mass is 127. The van der Waals surface area contributed by atoms with Crippen molar-refractivity contribution < 1.29 is 4.74 Å². The van der Waals surface area contributed by atoms with Crippen LogP contribution in [0.15, 0.2) is 40.8 Å². The van der Waals surface area contributed by atoms with Gasteiger partial charge in [0.05, 0.1) is 13.3 Å². The summed E-state index contributed by atoms with van der Waals surface area (Å²) in [5.41, 5.74) is 1.71. The van der Waals surface area contributed by atoms with E-state index in [-0.39, 0.29) is 0 Å². The number of benzene rings is 1. The number of fused-ring (bicyclic) bond motifs is 1. The predicted octanol–water partition coefficient (Wildman–Crippen LogP) is 4.23. The molecule has 6 nitrogen and oxygen atoms in total. The van der Waals surface area contributed by atoms with Gasteiger partial charge in [-0.05, 0) is 66.2 Å². The molecule has 0 spiro atoms. The average Bonchev–Trinajstić information content (AvgIpc) is 3.00. The van der Waals surface area contributed by atoms with Gasteiger partial charge in [-0.3, -0.25) is 0 Å². The third kappa shape index (κ3) is 5.32. The van der Waals surface area contributed by atoms with Gasteiger partial charge in [0.25, 0.3) is 0 Å². The molecule has 0 fully saturated rings. The molecule has 3 aromatic rings. The summed E-state index contributed by atoms with van der Waals surface area (Å²) >= 11 is 3.99. The number of methoxy groups -OCH3 is 1. The topological polar surface area (TPSA) is 64.9 Å². The molecule has 0 amide bonds. The molecule has 144 valence electrons. The van der Waals surface area contributed by atoms with Crippen molar-refractivity contribution in [2.24, 2.45) is 5.92 Å². The zero-order valence-electron chi connectivity index (χ0n) is 15.8. The van der Waals surface area contributed by atoms with Gasteiger partial charge in [0.15, 0.2) is 10.8 Å². The summed E-state index contributed by atoms with van der Waals surface area (Å²) in [5.74, 6) is 1.51. The Labute approximate surface area is 177 Å². The lowest BCUT2D eigenvalue weighted by Gasteiger charge is -2.11. The van der Waals surface area contributed by atoms with Crippen molar-refractivity contribution in [2.45, 2.75) is 36.9 Å².